The molecule has 2 amide bonds. The SMILES string of the molecule is CCCCNC(=O)C(CC)N(Cc1ccc(OC)cc1)C(=O)CN(c1ccc(F)cc1)S(=O)(=O)c1ccc(OC)cc1. The first-order valence-corrected chi connectivity index (χ1v) is 15.2. The number of nitrogens with one attached hydrogen (secondary N) is 1. The lowest BCUT2D eigenvalue weighted by atomic mass is 10.1. The molecular weight excluding hydrogens is 561 g/mol. The van der Waals surface area contributed by atoms with Crippen molar-refractivity contribution in [1.82, 2.24) is 10.2 Å². The fourth-order valence-electron chi connectivity index (χ4n) is 4.36. The van der Waals surface area contributed by atoms with Crippen LogP contribution in [0.3, 0.4) is 0 Å². The number of unbranched alkanes of at least 4 members (excludes halogenated alkanes) is 1. The predicted octanol–water partition coefficient (Wildman–Crippen LogP) is 4.76. The second-order valence-corrected chi connectivity index (χ2v) is 11.5. The first-order valence-electron chi connectivity index (χ1n) is 13.8. The average Bonchev–Trinajstić information content (AvgIpc) is 3.00. The van der Waals surface area contributed by atoms with E-state index in [4.69, 9.17) is 9.47 Å². The molecule has 0 spiro atoms. The standard InChI is InChI=1S/C31H38FN3O6S/c1-5-7-20-33-31(37)29(6-2)34(21-23-8-14-26(40-3)15-9-23)30(36)22-35(25-12-10-24(32)11-13-25)42(38,39)28-18-16-27(41-4)17-19-28/h8-19,29H,5-7,20-22H2,1-4H3,(H,33,37). The number of carbonyl (C=O) groups is 2. The molecule has 0 bridgehead atoms. The second-order valence-electron chi connectivity index (χ2n) is 9.60. The number of nitrogens with zero attached hydrogens (tertiary/aromatic N) is 2. The number of methoxy groups -OCH3 is 2. The fraction of sp³-hybridized carbons (Fsp3) is 0.355. The molecule has 0 aromatic heterocycles. The Hall–Kier alpha value is -4.12. The van der Waals surface area contributed by atoms with Crippen LogP contribution in [0.25, 0.3) is 0 Å². The van der Waals surface area contributed by atoms with E-state index >= 15 is 0 Å². The Labute approximate surface area is 247 Å². The highest BCUT2D eigenvalue weighted by Crippen LogP contribution is 2.26. The number of benzene rings is 3. The molecule has 1 atom stereocenters. The maximum absolute atomic E-state index is 14.1. The van der Waals surface area contributed by atoms with Crippen molar-refractivity contribution < 1.29 is 31.9 Å². The van der Waals surface area contributed by atoms with E-state index in [1.165, 1.54) is 48.4 Å². The molecule has 11 heteroatoms. The Morgan fingerprint density at radius 1 is 0.881 bits per heavy atom. The third-order valence-corrected chi connectivity index (χ3v) is 8.56. The summed E-state index contributed by atoms with van der Waals surface area (Å²) in [7, 11) is -1.27. The summed E-state index contributed by atoms with van der Waals surface area (Å²) in [5.41, 5.74) is 0.834. The van der Waals surface area contributed by atoms with Gasteiger partial charge in [-0.05, 0) is 79.1 Å². The van der Waals surface area contributed by atoms with Crippen LogP contribution in [-0.2, 0) is 26.2 Å². The minimum absolute atomic E-state index is 0.0579. The smallest absolute Gasteiger partial charge is 0.264 e. The van der Waals surface area contributed by atoms with Gasteiger partial charge in [0.15, 0.2) is 0 Å². The van der Waals surface area contributed by atoms with Crippen molar-refractivity contribution in [3.8, 4) is 11.5 Å². The van der Waals surface area contributed by atoms with Crippen LogP contribution in [0.1, 0.15) is 38.7 Å². The molecule has 0 heterocycles. The normalized spacial score (nSPS) is 11.8. The summed E-state index contributed by atoms with van der Waals surface area (Å²) in [6, 6.07) is 16.8. The van der Waals surface area contributed by atoms with E-state index in [0.29, 0.717) is 24.5 Å². The van der Waals surface area contributed by atoms with Gasteiger partial charge in [0.1, 0.15) is 29.9 Å². The zero-order valence-corrected chi connectivity index (χ0v) is 25.2. The van der Waals surface area contributed by atoms with Gasteiger partial charge in [-0.1, -0.05) is 32.4 Å². The lowest BCUT2D eigenvalue weighted by molar-refractivity contribution is -0.140. The van der Waals surface area contributed by atoms with Crippen LogP contribution in [0, 0.1) is 5.82 Å². The molecule has 0 aliphatic carbocycles. The van der Waals surface area contributed by atoms with Crippen molar-refractivity contribution in [2.75, 3.05) is 31.6 Å². The van der Waals surface area contributed by atoms with Crippen molar-refractivity contribution in [2.45, 2.75) is 50.6 Å². The zero-order valence-electron chi connectivity index (χ0n) is 24.4. The highest BCUT2D eigenvalue weighted by Gasteiger charge is 2.33. The molecule has 0 fully saturated rings. The Bertz CT molecular complexity index is 1410. The largest absolute Gasteiger partial charge is 0.497 e. The van der Waals surface area contributed by atoms with Crippen LogP contribution >= 0.6 is 0 Å². The number of halogens is 1. The lowest BCUT2D eigenvalue weighted by Gasteiger charge is -2.33. The molecule has 1 unspecified atom stereocenters. The predicted molar refractivity (Wildman–Crippen MR) is 159 cm³/mol. The van der Waals surface area contributed by atoms with Gasteiger partial charge in [0.25, 0.3) is 10.0 Å². The minimum Gasteiger partial charge on any atom is -0.497 e. The maximum Gasteiger partial charge on any atom is 0.264 e. The van der Waals surface area contributed by atoms with Crippen molar-refractivity contribution in [3.05, 3.63) is 84.2 Å². The monoisotopic (exact) mass is 599 g/mol. The molecule has 0 aliphatic rings. The number of hydrogen-bond donors (Lipinski definition) is 1. The van der Waals surface area contributed by atoms with Gasteiger partial charge in [-0.2, -0.15) is 0 Å². The molecule has 9 nitrogen and oxygen atoms in total. The molecule has 42 heavy (non-hydrogen) atoms. The van der Waals surface area contributed by atoms with E-state index in [1.54, 1.807) is 38.3 Å². The van der Waals surface area contributed by atoms with E-state index in [1.807, 2.05) is 6.92 Å². The van der Waals surface area contributed by atoms with E-state index in [9.17, 15) is 22.4 Å². The molecule has 3 rings (SSSR count). The molecule has 0 aliphatic heterocycles. The van der Waals surface area contributed by atoms with Crippen molar-refractivity contribution in [1.29, 1.82) is 0 Å². The van der Waals surface area contributed by atoms with E-state index < -0.39 is 34.3 Å². The molecule has 3 aromatic rings. The number of anilines is 1. The van der Waals surface area contributed by atoms with E-state index in [2.05, 4.69) is 5.32 Å². The van der Waals surface area contributed by atoms with Crippen LogP contribution in [-0.4, -0.2) is 58.5 Å². The van der Waals surface area contributed by atoms with Crippen LogP contribution in [0.5, 0.6) is 11.5 Å². The van der Waals surface area contributed by atoms with Gasteiger partial charge >= 0.3 is 0 Å². The summed E-state index contributed by atoms with van der Waals surface area (Å²) < 4.78 is 52.9. The molecular formula is C31H38FN3O6S. The van der Waals surface area contributed by atoms with Crippen LogP contribution < -0.4 is 19.1 Å². The second kappa shape index (κ2) is 15.2. The number of hydrogen-bond acceptors (Lipinski definition) is 6. The molecule has 0 saturated carbocycles. The molecule has 1 N–H and O–H groups in total. The summed E-state index contributed by atoms with van der Waals surface area (Å²) in [4.78, 5) is 28.6. The van der Waals surface area contributed by atoms with Crippen LogP contribution in [0.2, 0.25) is 0 Å². The number of sulfonamides is 1. The van der Waals surface area contributed by atoms with Gasteiger partial charge in [0.05, 0.1) is 24.8 Å². The van der Waals surface area contributed by atoms with Crippen LogP contribution in [0.15, 0.2) is 77.7 Å². The van der Waals surface area contributed by atoms with Gasteiger partial charge < -0.3 is 19.7 Å². The number of rotatable bonds is 15. The highest BCUT2D eigenvalue weighted by atomic mass is 32.2. The van der Waals surface area contributed by atoms with E-state index in [-0.39, 0.29) is 23.0 Å². The average molecular weight is 600 g/mol. The maximum atomic E-state index is 14.1. The lowest BCUT2D eigenvalue weighted by Crippen LogP contribution is -2.52. The van der Waals surface area contributed by atoms with Gasteiger partial charge in [0.2, 0.25) is 11.8 Å². The Morgan fingerprint density at radius 2 is 1.45 bits per heavy atom. The number of ether oxygens (including phenoxy) is 2. The molecule has 3 aromatic carbocycles. The number of carbonyl (C=O) groups excluding carboxylic acids is 2. The summed E-state index contributed by atoms with van der Waals surface area (Å²) in [6.07, 6.45) is 1.98. The first-order chi connectivity index (χ1) is 20.1. The quantitative estimate of drug-likeness (QED) is 0.253. The number of amides is 2. The van der Waals surface area contributed by atoms with E-state index in [0.717, 1.165) is 34.8 Å². The zero-order chi connectivity index (χ0) is 30.7. The fourth-order valence-corrected chi connectivity index (χ4v) is 5.78. The summed E-state index contributed by atoms with van der Waals surface area (Å²) >= 11 is 0. The van der Waals surface area contributed by atoms with Crippen LogP contribution in [0.4, 0.5) is 10.1 Å². The van der Waals surface area contributed by atoms with Crippen molar-refractivity contribution >= 4 is 27.5 Å². The third-order valence-electron chi connectivity index (χ3n) is 6.77. The summed E-state index contributed by atoms with van der Waals surface area (Å²) in [6.45, 7) is 3.71. The first kappa shape index (κ1) is 32.4. The molecule has 0 radical (unpaired) electrons. The Balaban J connectivity index is 2.02. The third kappa shape index (κ3) is 8.22. The topological polar surface area (TPSA) is 105 Å². The Kier molecular flexibility index (Phi) is 11.7. The highest BCUT2D eigenvalue weighted by molar-refractivity contribution is 7.92. The summed E-state index contributed by atoms with van der Waals surface area (Å²) in [5, 5.41) is 2.89. The van der Waals surface area contributed by atoms with Crippen molar-refractivity contribution in [2.24, 2.45) is 0 Å². The minimum atomic E-state index is -4.28. The van der Waals surface area contributed by atoms with Crippen molar-refractivity contribution in [3.63, 3.8) is 0 Å². The van der Waals surface area contributed by atoms with Gasteiger partial charge in [-0.3, -0.25) is 13.9 Å². The molecule has 0 saturated heterocycles. The Morgan fingerprint density at radius 3 is 1.98 bits per heavy atom. The molecule has 226 valence electrons. The van der Waals surface area contributed by atoms with Gasteiger partial charge in [-0.15, -0.1) is 0 Å². The van der Waals surface area contributed by atoms with Gasteiger partial charge in [-0.25, -0.2) is 12.8 Å². The summed E-state index contributed by atoms with van der Waals surface area (Å²) in [5.74, 6) is -0.371. The van der Waals surface area contributed by atoms with Gasteiger partial charge in [0, 0.05) is 13.1 Å².